The van der Waals surface area contributed by atoms with Gasteiger partial charge in [-0.25, -0.2) is 4.79 Å². The van der Waals surface area contributed by atoms with Crippen molar-refractivity contribution < 1.29 is 9.53 Å². The molecule has 0 saturated carbocycles. The molecule has 1 aliphatic rings. The van der Waals surface area contributed by atoms with Gasteiger partial charge in [-0.05, 0) is 28.5 Å². The van der Waals surface area contributed by atoms with Gasteiger partial charge in [0.2, 0.25) is 0 Å². The number of carbonyl (C=O) groups excluding carboxylic acids is 1. The first-order valence-corrected chi connectivity index (χ1v) is 6.10. The van der Waals surface area contributed by atoms with Crippen molar-refractivity contribution in [2.24, 2.45) is 0 Å². The Morgan fingerprint density at radius 2 is 2.12 bits per heavy atom. The molecule has 0 saturated heterocycles. The Balaban J connectivity index is 1.98. The molecule has 2 aromatic rings. The van der Waals surface area contributed by atoms with Crippen LogP contribution < -0.4 is 0 Å². The van der Waals surface area contributed by atoms with Crippen molar-refractivity contribution in [2.75, 3.05) is 0 Å². The van der Waals surface area contributed by atoms with Crippen molar-refractivity contribution in [3.05, 3.63) is 57.8 Å². The van der Waals surface area contributed by atoms with Crippen molar-refractivity contribution in [2.45, 2.75) is 12.5 Å². The first kappa shape index (κ1) is 9.60. The van der Waals surface area contributed by atoms with E-state index in [0.717, 1.165) is 17.5 Å². The van der Waals surface area contributed by atoms with Gasteiger partial charge in [0.15, 0.2) is 0 Å². The molecule has 16 heavy (non-hydrogen) atoms. The maximum atomic E-state index is 11.8. The standard InChI is InChI=1S/C13H10O2S/c14-13-11-4-2-1-3-9(11)7-12(15-13)10-5-6-16-8-10/h1-6,8,12H,7H2. The van der Waals surface area contributed by atoms with Crippen LogP contribution in [0.2, 0.25) is 0 Å². The van der Waals surface area contributed by atoms with Crippen molar-refractivity contribution >= 4 is 17.3 Å². The minimum absolute atomic E-state index is 0.117. The Morgan fingerprint density at radius 3 is 2.94 bits per heavy atom. The van der Waals surface area contributed by atoms with E-state index in [1.54, 1.807) is 11.3 Å². The molecule has 0 spiro atoms. The quantitative estimate of drug-likeness (QED) is 0.703. The summed E-state index contributed by atoms with van der Waals surface area (Å²) >= 11 is 1.62. The van der Waals surface area contributed by atoms with Crippen LogP contribution in [-0.4, -0.2) is 5.97 Å². The SMILES string of the molecule is O=C1OC(c2ccsc2)Cc2ccccc21. The van der Waals surface area contributed by atoms with Crippen LogP contribution in [0.4, 0.5) is 0 Å². The molecule has 1 unspecified atom stereocenters. The third kappa shape index (κ3) is 1.53. The third-order valence-electron chi connectivity index (χ3n) is 2.81. The molecule has 0 bridgehead atoms. The van der Waals surface area contributed by atoms with E-state index < -0.39 is 0 Å². The number of ether oxygens (including phenoxy) is 1. The monoisotopic (exact) mass is 230 g/mol. The molecule has 0 aliphatic carbocycles. The zero-order chi connectivity index (χ0) is 11.0. The lowest BCUT2D eigenvalue weighted by molar-refractivity contribution is 0.0254. The molecule has 1 aromatic heterocycles. The van der Waals surface area contributed by atoms with Crippen LogP contribution in [0.15, 0.2) is 41.1 Å². The number of hydrogen-bond acceptors (Lipinski definition) is 3. The molecule has 1 aliphatic heterocycles. The van der Waals surface area contributed by atoms with Crippen LogP contribution in [0.1, 0.15) is 27.6 Å². The zero-order valence-corrected chi connectivity index (χ0v) is 9.37. The predicted octanol–water partition coefficient (Wildman–Crippen LogP) is 3.20. The van der Waals surface area contributed by atoms with Crippen LogP contribution in [0.25, 0.3) is 0 Å². The highest BCUT2D eigenvalue weighted by Crippen LogP contribution is 2.31. The molecular weight excluding hydrogens is 220 g/mol. The number of thiophene rings is 1. The van der Waals surface area contributed by atoms with E-state index in [9.17, 15) is 4.79 Å². The van der Waals surface area contributed by atoms with Crippen LogP contribution in [-0.2, 0) is 11.2 Å². The van der Waals surface area contributed by atoms with E-state index in [0.29, 0.717) is 5.56 Å². The first-order chi connectivity index (χ1) is 7.84. The normalized spacial score (nSPS) is 19.0. The summed E-state index contributed by atoms with van der Waals surface area (Å²) in [5, 5.41) is 4.04. The molecule has 0 fully saturated rings. The van der Waals surface area contributed by atoms with Gasteiger partial charge in [-0.1, -0.05) is 18.2 Å². The zero-order valence-electron chi connectivity index (χ0n) is 8.55. The Bertz CT molecular complexity index is 516. The molecule has 3 rings (SSSR count). The molecule has 2 nitrogen and oxygen atoms in total. The lowest BCUT2D eigenvalue weighted by Gasteiger charge is -2.23. The number of benzene rings is 1. The van der Waals surface area contributed by atoms with E-state index in [4.69, 9.17) is 4.74 Å². The van der Waals surface area contributed by atoms with Gasteiger partial charge < -0.3 is 4.74 Å². The second-order valence-corrected chi connectivity index (χ2v) is 4.59. The highest BCUT2D eigenvalue weighted by Gasteiger charge is 2.26. The lowest BCUT2D eigenvalue weighted by Crippen LogP contribution is -2.21. The fourth-order valence-corrected chi connectivity index (χ4v) is 2.68. The van der Waals surface area contributed by atoms with Gasteiger partial charge in [-0.2, -0.15) is 11.3 Å². The minimum atomic E-state index is -0.210. The summed E-state index contributed by atoms with van der Waals surface area (Å²) in [6, 6.07) is 9.65. The van der Waals surface area contributed by atoms with Crippen molar-refractivity contribution in [1.29, 1.82) is 0 Å². The molecule has 80 valence electrons. The highest BCUT2D eigenvalue weighted by molar-refractivity contribution is 7.07. The van der Waals surface area contributed by atoms with Gasteiger partial charge in [0.25, 0.3) is 0 Å². The van der Waals surface area contributed by atoms with Gasteiger partial charge in [-0.15, -0.1) is 0 Å². The van der Waals surface area contributed by atoms with Gasteiger partial charge in [0.05, 0.1) is 5.56 Å². The second-order valence-electron chi connectivity index (χ2n) is 3.81. The molecule has 2 heterocycles. The number of esters is 1. The summed E-state index contributed by atoms with van der Waals surface area (Å²) in [7, 11) is 0. The Hall–Kier alpha value is -1.61. The van der Waals surface area contributed by atoms with Crippen LogP contribution in [0.5, 0.6) is 0 Å². The van der Waals surface area contributed by atoms with Crippen molar-refractivity contribution in [1.82, 2.24) is 0 Å². The predicted molar refractivity (Wildman–Crippen MR) is 62.6 cm³/mol. The minimum Gasteiger partial charge on any atom is -0.454 e. The van der Waals surface area contributed by atoms with Gasteiger partial charge >= 0.3 is 5.97 Å². The highest BCUT2D eigenvalue weighted by atomic mass is 32.1. The molecule has 1 atom stereocenters. The summed E-state index contributed by atoms with van der Waals surface area (Å²) in [5.74, 6) is -0.210. The Morgan fingerprint density at radius 1 is 1.25 bits per heavy atom. The van der Waals surface area contributed by atoms with Gasteiger partial charge in [0, 0.05) is 12.0 Å². The lowest BCUT2D eigenvalue weighted by atomic mass is 9.96. The fraction of sp³-hybridized carbons (Fsp3) is 0.154. The van der Waals surface area contributed by atoms with Crippen LogP contribution in [0, 0.1) is 0 Å². The van der Waals surface area contributed by atoms with Crippen LogP contribution >= 0.6 is 11.3 Å². The second kappa shape index (κ2) is 3.76. The average Bonchev–Trinajstić information content (AvgIpc) is 2.82. The maximum Gasteiger partial charge on any atom is 0.339 e. The third-order valence-corrected chi connectivity index (χ3v) is 3.51. The molecule has 1 aromatic carbocycles. The van der Waals surface area contributed by atoms with Gasteiger partial charge in [-0.3, -0.25) is 0 Å². The number of carbonyl (C=O) groups is 1. The van der Waals surface area contributed by atoms with Crippen molar-refractivity contribution in [3.63, 3.8) is 0 Å². The number of rotatable bonds is 1. The molecule has 0 N–H and O–H groups in total. The van der Waals surface area contributed by atoms with E-state index >= 15 is 0 Å². The molecule has 0 amide bonds. The van der Waals surface area contributed by atoms with E-state index in [1.807, 2.05) is 41.1 Å². The maximum absolute atomic E-state index is 11.8. The summed E-state index contributed by atoms with van der Waals surface area (Å²) in [6.07, 6.45) is 0.659. The first-order valence-electron chi connectivity index (χ1n) is 5.15. The summed E-state index contributed by atoms with van der Waals surface area (Å²) < 4.78 is 5.42. The summed E-state index contributed by atoms with van der Waals surface area (Å²) in [4.78, 5) is 11.8. The van der Waals surface area contributed by atoms with Gasteiger partial charge in [0.1, 0.15) is 6.10 Å². The average molecular weight is 230 g/mol. The van der Waals surface area contributed by atoms with Crippen LogP contribution in [0.3, 0.4) is 0 Å². The topological polar surface area (TPSA) is 26.3 Å². The fourth-order valence-electron chi connectivity index (χ4n) is 1.98. The number of hydrogen-bond donors (Lipinski definition) is 0. The van der Waals surface area contributed by atoms with Crippen molar-refractivity contribution in [3.8, 4) is 0 Å². The smallest absolute Gasteiger partial charge is 0.339 e. The molecule has 3 heteroatoms. The Labute approximate surface area is 97.5 Å². The van der Waals surface area contributed by atoms with E-state index in [-0.39, 0.29) is 12.1 Å². The molecular formula is C13H10O2S. The number of cyclic esters (lactones) is 1. The van der Waals surface area contributed by atoms with E-state index in [2.05, 4.69) is 0 Å². The number of fused-ring (bicyclic) bond motifs is 1. The van der Waals surface area contributed by atoms with E-state index in [1.165, 1.54) is 0 Å². The summed E-state index contributed by atoms with van der Waals surface area (Å²) in [6.45, 7) is 0. The molecule has 0 radical (unpaired) electrons. The largest absolute Gasteiger partial charge is 0.454 e. The Kier molecular flexibility index (Phi) is 2.26. The summed E-state index contributed by atoms with van der Waals surface area (Å²) in [5.41, 5.74) is 2.87.